The molecule has 1 aromatic carbocycles. The van der Waals surface area contributed by atoms with Gasteiger partial charge in [0.25, 0.3) is 0 Å². The molecule has 2 N–H and O–H groups in total. The van der Waals surface area contributed by atoms with Crippen molar-refractivity contribution >= 4 is 28.5 Å². The predicted molar refractivity (Wildman–Crippen MR) is 109 cm³/mol. The molecule has 0 radical (unpaired) electrons. The van der Waals surface area contributed by atoms with Gasteiger partial charge >= 0.3 is 6.09 Å². The van der Waals surface area contributed by atoms with Crippen LogP contribution in [0.15, 0.2) is 42.7 Å². The number of benzene rings is 1. The minimum atomic E-state index is -1.29. The average Bonchev–Trinajstić information content (AvgIpc) is 2.62. The molecule has 0 aliphatic carbocycles. The SMILES string of the molecule is C=C(C)N(C(=O)O)c1cc(-c2cc3cnc(NC)cc3nc2C)c(C)cc1F. The summed E-state index contributed by atoms with van der Waals surface area (Å²) in [5, 5.41) is 13.3. The molecular formula is C21H21FN4O2. The molecule has 1 amide bonds. The molecule has 3 rings (SSSR count). The van der Waals surface area contributed by atoms with Crippen LogP contribution in [0.25, 0.3) is 22.0 Å². The Morgan fingerprint density at radius 2 is 1.93 bits per heavy atom. The van der Waals surface area contributed by atoms with E-state index in [0.717, 1.165) is 27.1 Å². The summed E-state index contributed by atoms with van der Waals surface area (Å²) in [6, 6.07) is 6.64. The molecule has 2 aromatic heterocycles. The topological polar surface area (TPSA) is 78.4 Å². The first kappa shape index (κ1) is 19.3. The Morgan fingerprint density at radius 3 is 2.54 bits per heavy atom. The number of rotatable bonds is 4. The fourth-order valence-corrected chi connectivity index (χ4v) is 3.17. The van der Waals surface area contributed by atoms with Crippen LogP contribution in [0.3, 0.4) is 0 Å². The summed E-state index contributed by atoms with van der Waals surface area (Å²) in [7, 11) is 1.79. The van der Waals surface area contributed by atoms with Crippen LogP contribution >= 0.6 is 0 Å². The number of nitrogens with zero attached hydrogens (tertiary/aromatic N) is 3. The van der Waals surface area contributed by atoms with Crippen molar-refractivity contribution in [2.75, 3.05) is 17.3 Å². The van der Waals surface area contributed by atoms with E-state index in [2.05, 4.69) is 21.9 Å². The van der Waals surface area contributed by atoms with Gasteiger partial charge in [-0.25, -0.2) is 19.1 Å². The Hall–Kier alpha value is -3.48. The van der Waals surface area contributed by atoms with Gasteiger partial charge in [0, 0.05) is 41.7 Å². The number of allylic oxidation sites excluding steroid dienone is 1. The number of anilines is 2. The van der Waals surface area contributed by atoms with E-state index in [1.807, 2.05) is 19.1 Å². The second kappa shape index (κ2) is 7.26. The Morgan fingerprint density at radius 1 is 1.21 bits per heavy atom. The maximum atomic E-state index is 14.6. The molecule has 144 valence electrons. The van der Waals surface area contributed by atoms with Gasteiger partial charge in [-0.15, -0.1) is 0 Å². The third-order valence-electron chi connectivity index (χ3n) is 4.54. The molecule has 6 nitrogen and oxygen atoms in total. The normalized spacial score (nSPS) is 10.8. The molecule has 0 fully saturated rings. The number of aromatic nitrogens is 2. The van der Waals surface area contributed by atoms with Gasteiger partial charge in [0.05, 0.1) is 11.2 Å². The summed E-state index contributed by atoms with van der Waals surface area (Å²) in [4.78, 5) is 21.4. The highest BCUT2D eigenvalue weighted by Crippen LogP contribution is 2.34. The quantitative estimate of drug-likeness (QED) is 0.657. The van der Waals surface area contributed by atoms with Crippen molar-refractivity contribution in [3.8, 4) is 11.1 Å². The lowest BCUT2D eigenvalue weighted by molar-refractivity contribution is 0.203. The second-order valence-corrected chi connectivity index (χ2v) is 6.61. The number of fused-ring (bicyclic) bond motifs is 1. The molecule has 0 saturated carbocycles. The second-order valence-electron chi connectivity index (χ2n) is 6.61. The van der Waals surface area contributed by atoms with Crippen LogP contribution in [0.5, 0.6) is 0 Å². The highest BCUT2D eigenvalue weighted by atomic mass is 19.1. The van der Waals surface area contributed by atoms with Crippen LogP contribution in [-0.4, -0.2) is 28.2 Å². The minimum Gasteiger partial charge on any atom is -0.464 e. The number of hydrogen-bond donors (Lipinski definition) is 2. The first-order valence-electron chi connectivity index (χ1n) is 8.67. The van der Waals surface area contributed by atoms with Gasteiger partial charge in [-0.1, -0.05) is 6.58 Å². The molecule has 2 heterocycles. The van der Waals surface area contributed by atoms with Gasteiger partial charge in [-0.3, -0.25) is 4.98 Å². The molecular weight excluding hydrogens is 359 g/mol. The summed E-state index contributed by atoms with van der Waals surface area (Å²) in [5.74, 6) is 0.0873. The van der Waals surface area contributed by atoms with Gasteiger partial charge in [-0.05, 0) is 50.1 Å². The van der Waals surface area contributed by atoms with E-state index >= 15 is 0 Å². The fourth-order valence-electron chi connectivity index (χ4n) is 3.17. The molecule has 0 spiro atoms. The van der Waals surface area contributed by atoms with Crippen molar-refractivity contribution in [1.82, 2.24) is 9.97 Å². The van der Waals surface area contributed by atoms with Crippen LogP contribution < -0.4 is 10.2 Å². The first-order valence-corrected chi connectivity index (χ1v) is 8.67. The molecule has 0 aliphatic rings. The smallest absolute Gasteiger partial charge is 0.416 e. The highest BCUT2D eigenvalue weighted by Gasteiger charge is 2.22. The zero-order chi connectivity index (χ0) is 20.6. The van der Waals surface area contributed by atoms with Gasteiger partial charge in [0.1, 0.15) is 11.6 Å². The van der Waals surface area contributed by atoms with E-state index in [1.54, 1.807) is 20.2 Å². The number of pyridine rings is 2. The number of aryl methyl sites for hydroxylation is 2. The lowest BCUT2D eigenvalue weighted by Crippen LogP contribution is -2.27. The summed E-state index contributed by atoms with van der Waals surface area (Å²) in [6.07, 6.45) is 0.423. The van der Waals surface area contributed by atoms with Gasteiger partial charge < -0.3 is 10.4 Å². The van der Waals surface area contributed by atoms with Gasteiger partial charge in [-0.2, -0.15) is 0 Å². The van der Waals surface area contributed by atoms with E-state index in [4.69, 9.17) is 0 Å². The Kier molecular flexibility index (Phi) is 5.00. The highest BCUT2D eigenvalue weighted by molar-refractivity contribution is 5.92. The maximum absolute atomic E-state index is 14.6. The molecule has 3 aromatic rings. The first-order chi connectivity index (χ1) is 13.2. The van der Waals surface area contributed by atoms with Crippen LogP contribution in [0.2, 0.25) is 0 Å². The number of amides is 1. The molecule has 0 saturated heterocycles. The zero-order valence-corrected chi connectivity index (χ0v) is 16.2. The van der Waals surface area contributed by atoms with Gasteiger partial charge in [0.15, 0.2) is 0 Å². The molecule has 28 heavy (non-hydrogen) atoms. The van der Waals surface area contributed by atoms with Crippen LogP contribution in [-0.2, 0) is 0 Å². The van der Waals surface area contributed by atoms with Crippen LogP contribution in [0.4, 0.5) is 20.7 Å². The lowest BCUT2D eigenvalue weighted by Gasteiger charge is -2.22. The van der Waals surface area contributed by atoms with Crippen LogP contribution in [0.1, 0.15) is 18.2 Å². The Bertz CT molecular complexity index is 1100. The summed E-state index contributed by atoms with van der Waals surface area (Å²) < 4.78 is 14.6. The molecule has 0 aliphatic heterocycles. The van der Waals surface area contributed by atoms with Crippen LogP contribution in [0, 0.1) is 19.7 Å². The number of nitrogens with one attached hydrogen (secondary N) is 1. The molecule has 7 heteroatoms. The fraction of sp³-hybridized carbons (Fsp3) is 0.190. The zero-order valence-electron chi connectivity index (χ0n) is 16.2. The summed E-state index contributed by atoms with van der Waals surface area (Å²) >= 11 is 0. The van der Waals surface area contributed by atoms with E-state index in [9.17, 15) is 14.3 Å². The largest absolute Gasteiger partial charge is 0.464 e. The van der Waals surface area contributed by atoms with Crippen molar-refractivity contribution in [3.05, 3.63) is 59.8 Å². The number of halogens is 1. The number of carbonyl (C=O) groups is 1. The molecule has 0 unspecified atom stereocenters. The average molecular weight is 380 g/mol. The molecule has 0 bridgehead atoms. The van der Waals surface area contributed by atoms with Crippen molar-refractivity contribution < 1.29 is 14.3 Å². The number of carboxylic acid groups (broad SMARTS) is 1. The van der Waals surface area contributed by atoms with Gasteiger partial charge in [0.2, 0.25) is 0 Å². The Labute approximate surface area is 162 Å². The summed E-state index contributed by atoms with van der Waals surface area (Å²) in [5.41, 5.74) is 3.85. The standard InChI is InChI=1S/C21H21FN4O2/c1-11(2)26(21(27)28)19-8-15(12(3)6-17(19)22)16-7-14-10-24-20(23-5)9-18(14)25-13(16)4/h6-10H,1H2,2-5H3,(H,23,24)(H,27,28). The van der Waals surface area contributed by atoms with E-state index < -0.39 is 11.9 Å². The third kappa shape index (κ3) is 3.38. The lowest BCUT2D eigenvalue weighted by atomic mass is 9.97. The monoisotopic (exact) mass is 380 g/mol. The van der Waals surface area contributed by atoms with E-state index in [0.29, 0.717) is 16.9 Å². The van der Waals surface area contributed by atoms with Crippen molar-refractivity contribution in [2.24, 2.45) is 0 Å². The van der Waals surface area contributed by atoms with E-state index in [1.165, 1.54) is 19.1 Å². The van der Waals surface area contributed by atoms with Crippen molar-refractivity contribution in [3.63, 3.8) is 0 Å². The predicted octanol–water partition coefficient (Wildman–Crippen LogP) is 5.11. The van der Waals surface area contributed by atoms with Crippen molar-refractivity contribution in [2.45, 2.75) is 20.8 Å². The summed E-state index contributed by atoms with van der Waals surface area (Å²) in [6.45, 7) is 8.80. The number of hydrogen-bond acceptors (Lipinski definition) is 4. The minimum absolute atomic E-state index is 0.0660. The Balaban J connectivity index is 2.23. The maximum Gasteiger partial charge on any atom is 0.416 e. The van der Waals surface area contributed by atoms with Crippen molar-refractivity contribution in [1.29, 1.82) is 0 Å². The third-order valence-corrected chi connectivity index (χ3v) is 4.54. The molecule has 0 atom stereocenters. The van der Waals surface area contributed by atoms with E-state index in [-0.39, 0.29) is 11.4 Å².